The first-order valence-electron chi connectivity index (χ1n) is 9.76. The highest BCUT2D eigenvalue weighted by Gasteiger charge is 2.37. The van der Waals surface area contributed by atoms with Crippen LogP contribution in [0.4, 0.5) is 0 Å². The number of aromatic nitrogens is 3. The van der Waals surface area contributed by atoms with Gasteiger partial charge in [-0.25, -0.2) is 4.68 Å². The lowest BCUT2D eigenvalue weighted by molar-refractivity contribution is -0.604. The molecule has 2 N–H and O–H groups in total. The van der Waals surface area contributed by atoms with Gasteiger partial charge in [0.05, 0.1) is 17.3 Å². The third-order valence-corrected chi connectivity index (χ3v) is 6.22. The number of nitrogens with two attached hydrogens (primary N) is 1. The van der Waals surface area contributed by atoms with Gasteiger partial charge in [0.2, 0.25) is 0 Å². The molecule has 0 radical (unpaired) electrons. The number of halogens is 1. The highest BCUT2D eigenvalue weighted by molar-refractivity contribution is 6.30. The van der Waals surface area contributed by atoms with Crippen molar-refractivity contribution in [2.75, 3.05) is 6.54 Å². The molecule has 29 heavy (non-hydrogen) atoms. The van der Waals surface area contributed by atoms with Crippen LogP contribution in [-0.4, -0.2) is 16.3 Å². The number of hydrogen-bond acceptors (Lipinski definition) is 4. The zero-order chi connectivity index (χ0) is 20.4. The van der Waals surface area contributed by atoms with Gasteiger partial charge in [-0.05, 0) is 55.5 Å². The summed E-state index contributed by atoms with van der Waals surface area (Å²) in [5.74, 6) is 0. The van der Waals surface area contributed by atoms with Crippen LogP contribution in [0.1, 0.15) is 37.3 Å². The number of rotatable bonds is 4. The summed E-state index contributed by atoms with van der Waals surface area (Å²) in [6, 6.07) is 14.6. The number of hydrogen-bond donors (Lipinski definition) is 1. The molecule has 1 aliphatic carbocycles. The molecule has 150 valence electrons. The zero-order valence-electron chi connectivity index (χ0n) is 16.0. The van der Waals surface area contributed by atoms with Gasteiger partial charge in [0, 0.05) is 29.1 Å². The van der Waals surface area contributed by atoms with Crippen molar-refractivity contribution in [3.63, 3.8) is 0 Å². The van der Waals surface area contributed by atoms with Crippen molar-refractivity contribution in [2.45, 2.75) is 37.1 Å². The Labute approximate surface area is 174 Å². The largest absolute Gasteiger partial charge is 0.619 e. The first-order valence-corrected chi connectivity index (χ1v) is 10.1. The van der Waals surface area contributed by atoms with E-state index in [1.807, 2.05) is 24.3 Å². The van der Waals surface area contributed by atoms with Crippen LogP contribution in [0.3, 0.4) is 0 Å². The van der Waals surface area contributed by atoms with Crippen LogP contribution in [0.2, 0.25) is 5.02 Å². The van der Waals surface area contributed by atoms with E-state index in [4.69, 9.17) is 17.3 Å². The first kappa shape index (κ1) is 19.6. The van der Waals surface area contributed by atoms with Gasteiger partial charge in [0.25, 0.3) is 5.56 Å². The summed E-state index contributed by atoms with van der Waals surface area (Å²) in [7, 11) is 0. The SMILES string of the molecule is NC[C@]1(c2cccc(Cl)c2)CC[C@H](n2nc(-c3ccc[n+]([O-])c3)ccc2=O)CC1. The van der Waals surface area contributed by atoms with Crippen molar-refractivity contribution in [1.29, 1.82) is 0 Å². The second-order valence-corrected chi connectivity index (χ2v) is 8.12. The van der Waals surface area contributed by atoms with Gasteiger partial charge in [0.1, 0.15) is 0 Å². The van der Waals surface area contributed by atoms with E-state index >= 15 is 0 Å². The van der Waals surface area contributed by atoms with E-state index in [9.17, 15) is 10.0 Å². The molecule has 6 nitrogen and oxygen atoms in total. The Morgan fingerprint density at radius 3 is 2.69 bits per heavy atom. The Morgan fingerprint density at radius 1 is 1.21 bits per heavy atom. The van der Waals surface area contributed by atoms with E-state index < -0.39 is 0 Å². The lowest BCUT2D eigenvalue weighted by Crippen LogP contribution is -2.41. The van der Waals surface area contributed by atoms with Crippen LogP contribution < -0.4 is 16.0 Å². The maximum absolute atomic E-state index is 12.5. The molecule has 0 atom stereocenters. The van der Waals surface area contributed by atoms with Crippen LogP contribution in [-0.2, 0) is 5.41 Å². The highest BCUT2D eigenvalue weighted by atomic mass is 35.5. The van der Waals surface area contributed by atoms with Crippen LogP contribution in [0.15, 0.2) is 65.7 Å². The van der Waals surface area contributed by atoms with E-state index in [-0.39, 0.29) is 17.0 Å². The van der Waals surface area contributed by atoms with Gasteiger partial charge < -0.3 is 10.9 Å². The van der Waals surface area contributed by atoms with Crippen LogP contribution >= 0.6 is 11.6 Å². The topological polar surface area (TPSA) is 87.8 Å². The maximum atomic E-state index is 12.5. The molecule has 1 aliphatic rings. The second-order valence-electron chi connectivity index (χ2n) is 7.68. The molecule has 0 unspecified atom stereocenters. The van der Waals surface area contributed by atoms with E-state index in [2.05, 4.69) is 11.2 Å². The Kier molecular flexibility index (Phi) is 5.39. The second kappa shape index (κ2) is 7.97. The smallest absolute Gasteiger partial charge is 0.267 e. The Hall–Kier alpha value is -2.70. The summed E-state index contributed by atoms with van der Waals surface area (Å²) in [6.45, 7) is 0.538. The zero-order valence-corrected chi connectivity index (χ0v) is 16.8. The van der Waals surface area contributed by atoms with E-state index in [0.29, 0.717) is 22.8 Å². The lowest BCUT2D eigenvalue weighted by atomic mass is 9.68. The molecule has 0 bridgehead atoms. The third-order valence-electron chi connectivity index (χ3n) is 5.98. The molecule has 1 fully saturated rings. The molecule has 0 aliphatic heterocycles. The molecule has 2 heterocycles. The molecule has 3 aromatic rings. The predicted molar refractivity (Wildman–Crippen MR) is 113 cm³/mol. The van der Waals surface area contributed by atoms with Crippen LogP contribution in [0.5, 0.6) is 0 Å². The Bertz CT molecular complexity index is 1070. The summed E-state index contributed by atoms with van der Waals surface area (Å²) < 4.78 is 2.30. The minimum Gasteiger partial charge on any atom is -0.619 e. The molecular formula is C22H23ClN4O2. The fraction of sp³-hybridized carbons (Fsp3) is 0.318. The number of nitrogens with zero attached hydrogens (tertiary/aromatic N) is 3. The highest BCUT2D eigenvalue weighted by Crippen LogP contribution is 2.42. The molecule has 7 heteroatoms. The van der Waals surface area contributed by atoms with Gasteiger partial charge in [-0.3, -0.25) is 4.79 Å². The average molecular weight is 411 g/mol. The van der Waals surface area contributed by atoms with Crippen molar-refractivity contribution < 1.29 is 4.73 Å². The maximum Gasteiger partial charge on any atom is 0.267 e. The van der Waals surface area contributed by atoms with Crippen molar-refractivity contribution in [1.82, 2.24) is 9.78 Å². The summed E-state index contributed by atoms with van der Waals surface area (Å²) in [4.78, 5) is 12.5. The van der Waals surface area contributed by atoms with E-state index in [1.54, 1.807) is 16.8 Å². The third kappa shape index (κ3) is 3.91. The fourth-order valence-corrected chi connectivity index (χ4v) is 4.47. The van der Waals surface area contributed by atoms with Crippen LogP contribution in [0, 0.1) is 5.21 Å². The summed E-state index contributed by atoms with van der Waals surface area (Å²) >= 11 is 6.19. The molecule has 0 spiro atoms. The van der Waals surface area contributed by atoms with Crippen molar-refractivity contribution in [3.8, 4) is 11.3 Å². The molecule has 0 amide bonds. The predicted octanol–water partition coefficient (Wildman–Crippen LogP) is 3.21. The van der Waals surface area contributed by atoms with Gasteiger partial charge in [0.15, 0.2) is 12.4 Å². The minimum absolute atomic E-state index is 0.00407. The number of benzene rings is 1. The monoisotopic (exact) mass is 410 g/mol. The molecule has 4 rings (SSSR count). The van der Waals surface area contributed by atoms with Gasteiger partial charge in [-0.2, -0.15) is 9.83 Å². The van der Waals surface area contributed by atoms with Crippen LogP contribution in [0.25, 0.3) is 11.3 Å². The fourth-order valence-electron chi connectivity index (χ4n) is 4.28. The molecule has 0 saturated heterocycles. The standard InChI is InChI=1S/C22H23ClN4O2/c23-18-5-1-4-17(13-18)22(15-24)10-8-19(9-11-22)27-21(28)7-6-20(25-27)16-3-2-12-26(29)14-16/h1-7,12-14,19H,8-11,15,24H2/t19-,22-. The lowest BCUT2D eigenvalue weighted by Gasteiger charge is -2.40. The first-order chi connectivity index (χ1) is 14.0. The van der Waals surface area contributed by atoms with Gasteiger partial charge in [-0.15, -0.1) is 0 Å². The summed E-state index contributed by atoms with van der Waals surface area (Å²) in [5.41, 5.74) is 8.38. The number of pyridine rings is 1. The van der Waals surface area contributed by atoms with E-state index in [0.717, 1.165) is 36.0 Å². The Morgan fingerprint density at radius 2 is 2.00 bits per heavy atom. The molecule has 1 aromatic carbocycles. The van der Waals surface area contributed by atoms with Crippen molar-refractivity contribution in [3.05, 3.63) is 87.1 Å². The molecule has 2 aromatic heterocycles. The van der Waals surface area contributed by atoms with Crippen molar-refractivity contribution in [2.24, 2.45) is 5.73 Å². The Balaban J connectivity index is 1.60. The summed E-state index contributed by atoms with van der Waals surface area (Å²) in [6.07, 6.45) is 6.20. The normalized spacial score (nSPS) is 21.8. The molecular weight excluding hydrogens is 388 g/mol. The van der Waals surface area contributed by atoms with Gasteiger partial charge in [-0.1, -0.05) is 23.7 Å². The molecule has 1 saturated carbocycles. The average Bonchev–Trinajstić information content (AvgIpc) is 2.74. The minimum atomic E-state index is -0.132. The summed E-state index contributed by atoms with van der Waals surface area (Å²) in [5, 5.41) is 16.9. The van der Waals surface area contributed by atoms with E-state index in [1.165, 1.54) is 18.5 Å². The quantitative estimate of drug-likeness (QED) is 0.528. The van der Waals surface area contributed by atoms with Gasteiger partial charge >= 0.3 is 0 Å². The van der Waals surface area contributed by atoms with Crippen molar-refractivity contribution >= 4 is 11.6 Å².